The Morgan fingerprint density at radius 1 is 1.50 bits per heavy atom. The van der Waals surface area contributed by atoms with E-state index in [4.69, 9.17) is 5.11 Å². The quantitative estimate of drug-likeness (QED) is 0.761. The fraction of sp³-hybridized carbons (Fsp3) is 0.500. The van der Waals surface area contributed by atoms with Crippen molar-refractivity contribution < 1.29 is 9.90 Å². The van der Waals surface area contributed by atoms with Crippen molar-refractivity contribution in [2.45, 2.75) is 26.7 Å². The highest BCUT2D eigenvalue weighted by atomic mass is 79.9. The lowest BCUT2D eigenvalue weighted by molar-refractivity contribution is -0.137. The van der Waals surface area contributed by atoms with Crippen molar-refractivity contribution in [2.75, 3.05) is 13.1 Å². The number of rotatable bonds is 7. The summed E-state index contributed by atoms with van der Waals surface area (Å²) in [7, 11) is 0. The van der Waals surface area contributed by atoms with Gasteiger partial charge in [0.2, 0.25) is 0 Å². The zero-order valence-corrected chi connectivity index (χ0v) is 12.5. The van der Waals surface area contributed by atoms with E-state index in [-0.39, 0.29) is 12.3 Å². The summed E-state index contributed by atoms with van der Waals surface area (Å²) in [4.78, 5) is 10.5. The number of aliphatic carboxylic acids is 1. The first-order chi connectivity index (χ1) is 8.49. The van der Waals surface area contributed by atoms with E-state index >= 15 is 0 Å². The van der Waals surface area contributed by atoms with Crippen molar-refractivity contribution in [1.29, 1.82) is 0 Å². The molecule has 0 radical (unpaired) electrons. The van der Waals surface area contributed by atoms with Crippen LogP contribution in [0, 0.1) is 12.8 Å². The Morgan fingerprint density at radius 3 is 2.89 bits per heavy atom. The SMILES string of the molecule is Cc1ccc(Br)cc1CCNCC(C)CC(=O)O. The van der Waals surface area contributed by atoms with Crippen LogP contribution in [0.3, 0.4) is 0 Å². The number of aryl methyl sites for hydroxylation is 1. The number of benzene rings is 1. The van der Waals surface area contributed by atoms with Gasteiger partial charge in [0.05, 0.1) is 0 Å². The van der Waals surface area contributed by atoms with E-state index in [2.05, 4.69) is 40.3 Å². The Kier molecular flexibility index (Phi) is 6.36. The minimum Gasteiger partial charge on any atom is -0.481 e. The molecule has 0 aliphatic rings. The van der Waals surface area contributed by atoms with Crippen molar-refractivity contribution in [3.05, 3.63) is 33.8 Å². The van der Waals surface area contributed by atoms with Gasteiger partial charge in [0, 0.05) is 10.9 Å². The summed E-state index contributed by atoms with van der Waals surface area (Å²) >= 11 is 3.47. The van der Waals surface area contributed by atoms with Crippen LogP contribution >= 0.6 is 15.9 Å². The molecule has 0 bridgehead atoms. The number of halogens is 1. The molecule has 2 N–H and O–H groups in total. The smallest absolute Gasteiger partial charge is 0.303 e. The van der Waals surface area contributed by atoms with Gasteiger partial charge in [0.1, 0.15) is 0 Å². The lowest BCUT2D eigenvalue weighted by atomic mass is 10.1. The van der Waals surface area contributed by atoms with Gasteiger partial charge in [-0.3, -0.25) is 4.79 Å². The predicted molar refractivity (Wildman–Crippen MR) is 76.9 cm³/mol. The molecule has 1 atom stereocenters. The van der Waals surface area contributed by atoms with E-state index in [1.54, 1.807) is 0 Å². The van der Waals surface area contributed by atoms with Gasteiger partial charge in [-0.25, -0.2) is 0 Å². The average Bonchev–Trinajstić information content (AvgIpc) is 2.28. The summed E-state index contributed by atoms with van der Waals surface area (Å²) in [5.74, 6) is -0.557. The topological polar surface area (TPSA) is 49.3 Å². The highest BCUT2D eigenvalue weighted by Gasteiger charge is 2.06. The molecule has 0 aliphatic heterocycles. The van der Waals surface area contributed by atoms with Crippen LogP contribution in [-0.2, 0) is 11.2 Å². The summed E-state index contributed by atoms with van der Waals surface area (Å²) in [6, 6.07) is 6.28. The van der Waals surface area contributed by atoms with Crippen LogP contribution in [-0.4, -0.2) is 24.2 Å². The van der Waals surface area contributed by atoms with E-state index in [9.17, 15) is 4.79 Å². The first-order valence-electron chi connectivity index (χ1n) is 6.16. The normalized spacial score (nSPS) is 12.4. The van der Waals surface area contributed by atoms with Crippen LogP contribution in [0.5, 0.6) is 0 Å². The van der Waals surface area contributed by atoms with E-state index in [0.717, 1.165) is 24.0 Å². The van der Waals surface area contributed by atoms with Crippen molar-refractivity contribution in [3.8, 4) is 0 Å². The third kappa shape index (κ3) is 5.65. The molecule has 0 aliphatic carbocycles. The molecular formula is C14H20BrNO2. The Hall–Kier alpha value is -0.870. The molecule has 100 valence electrons. The van der Waals surface area contributed by atoms with Gasteiger partial charge in [-0.05, 0) is 55.6 Å². The molecule has 1 aromatic carbocycles. The van der Waals surface area contributed by atoms with Gasteiger partial charge < -0.3 is 10.4 Å². The molecule has 18 heavy (non-hydrogen) atoms. The predicted octanol–water partition coefficient (Wildman–Crippen LogP) is 3.00. The number of hydrogen-bond donors (Lipinski definition) is 2. The molecule has 0 spiro atoms. The molecule has 0 heterocycles. The molecule has 0 saturated carbocycles. The maximum absolute atomic E-state index is 10.5. The van der Waals surface area contributed by atoms with E-state index < -0.39 is 5.97 Å². The fourth-order valence-electron chi connectivity index (χ4n) is 1.85. The number of carboxylic acids is 1. The lowest BCUT2D eigenvalue weighted by Gasteiger charge is -2.11. The summed E-state index contributed by atoms with van der Waals surface area (Å²) in [6.07, 6.45) is 1.19. The highest BCUT2D eigenvalue weighted by Crippen LogP contribution is 2.16. The Balaban J connectivity index is 2.29. The second-order valence-electron chi connectivity index (χ2n) is 4.73. The molecule has 1 aromatic rings. The van der Waals surface area contributed by atoms with Crippen LogP contribution < -0.4 is 5.32 Å². The minimum atomic E-state index is -0.730. The first-order valence-corrected chi connectivity index (χ1v) is 6.96. The molecule has 1 unspecified atom stereocenters. The first kappa shape index (κ1) is 15.2. The van der Waals surface area contributed by atoms with Crippen molar-refractivity contribution in [1.82, 2.24) is 5.32 Å². The molecule has 0 saturated heterocycles. The Labute approximate surface area is 117 Å². The van der Waals surface area contributed by atoms with Gasteiger partial charge >= 0.3 is 5.97 Å². The maximum atomic E-state index is 10.5. The van der Waals surface area contributed by atoms with Gasteiger partial charge in [-0.15, -0.1) is 0 Å². The zero-order chi connectivity index (χ0) is 13.5. The minimum absolute atomic E-state index is 0.172. The van der Waals surface area contributed by atoms with E-state index in [1.165, 1.54) is 11.1 Å². The maximum Gasteiger partial charge on any atom is 0.303 e. The lowest BCUT2D eigenvalue weighted by Crippen LogP contribution is -2.25. The van der Waals surface area contributed by atoms with Gasteiger partial charge in [0.15, 0.2) is 0 Å². The van der Waals surface area contributed by atoms with Crippen molar-refractivity contribution in [3.63, 3.8) is 0 Å². The summed E-state index contributed by atoms with van der Waals surface area (Å²) in [5.41, 5.74) is 2.61. The second-order valence-corrected chi connectivity index (χ2v) is 5.64. The molecule has 0 aromatic heterocycles. The van der Waals surface area contributed by atoms with Gasteiger partial charge in [-0.1, -0.05) is 28.9 Å². The number of hydrogen-bond acceptors (Lipinski definition) is 2. The van der Waals surface area contributed by atoms with Crippen molar-refractivity contribution in [2.24, 2.45) is 5.92 Å². The van der Waals surface area contributed by atoms with E-state index in [0.29, 0.717) is 0 Å². The van der Waals surface area contributed by atoms with Crippen LogP contribution in [0.4, 0.5) is 0 Å². The summed E-state index contributed by atoms with van der Waals surface area (Å²) in [5, 5.41) is 12.0. The van der Waals surface area contributed by atoms with Crippen LogP contribution in [0.2, 0.25) is 0 Å². The van der Waals surface area contributed by atoms with Crippen LogP contribution in [0.15, 0.2) is 22.7 Å². The van der Waals surface area contributed by atoms with Gasteiger partial charge in [0.25, 0.3) is 0 Å². The molecule has 1 rings (SSSR count). The third-order valence-electron chi connectivity index (χ3n) is 2.90. The monoisotopic (exact) mass is 313 g/mol. The fourth-order valence-corrected chi connectivity index (χ4v) is 2.26. The standard InChI is InChI=1S/C14H20BrNO2/c1-10(7-14(17)18)9-16-6-5-12-8-13(15)4-3-11(12)2/h3-4,8,10,16H,5-7,9H2,1-2H3,(H,17,18). The zero-order valence-electron chi connectivity index (χ0n) is 10.9. The van der Waals surface area contributed by atoms with Crippen LogP contribution in [0.1, 0.15) is 24.5 Å². The van der Waals surface area contributed by atoms with Crippen molar-refractivity contribution >= 4 is 21.9 Å². The molecule has 0 fully saturated rings. The summed E-state index contributed by atoms with van der Waals surface area (Å²) < 4.78 is 1.10. The number of carbonyl (C=O) groups is 1. The third-order valence-corrected chi connectivity index (χ3v) is 3.39. The van der Waals surface area contributed by atoms with Crippen LogP contribution in [0.25, 0.3) is 0 Å². The molecule has 4 heteroatoms. The number of nitrogens with one attached hydrogen (secondary N) is 1. The number of carboxylic acid groups (broad SMARTS) is 1. The largest absolute Gasteiger partial charge is 0.481 e. The Morgan fingerprint density at radius 2 is 2.22 bits per heavy atom. The van der Waals surface area contributed by atoms with Gasteiger partial charge in [-0.2, -0.15) is 0 Å². The molecule has 3 nitrogen and oxygen atoms in total. The molecular weight excluding hydrogens is 294 g/mol. The average molecular weight is 314 g/mol. The highest BCUT2D eigenvalue weighted by molar-refractivity contribution is 9.10. The molecule has 0 amide bonds. The Bertz CT molecular complexity index is 407. The van der Waals surface area contributed by atoms with E-state index in [1.807, 2.05) is 13.0 Å². The summed E-state index contributed by atoms with van der Waals surface area (Å²) in [6.45, 7) is 5.68. The second kappa shape index (κ2) is 7.54.